The number of nitrogens with zero attached hydrogens (tertiary/aromatic N) is 2. The normalized spacial score (nSPS) is 12.5. The maximum Gasteiger partial charge on any atom is 0.0464 e. The summed E-state index contributed by atoms with van der Waals surface area (Å²) in [5.41, 5.74) is 10.4. The maximum absolute atomic E-state index is 3.79. The van der Waals surface area contributed by atoms with Crippen LogP contribution in [0.4, 0.5) is 22.7 Å². The van der Waals surface area contributed by atoms with E-state index in [0.717, 1.165) is 37.6 Å². The minimum Gasteiger partial charge on any atom is -0.372 e. The summed E-state index contributed by atoms with van der Waals surface area (Å²) in [7, 11) is 0. The summed E-state index contributed by atoms with van der Waals surface area (Å²) < 4.78 is 0. The van der Waals surface area contributed by atoms with Crippen molar-refractivity contribution in [2.45, 2.75) is 80.6 Å². The van der Waals surface area contributed by atoms with Crippen LogP contribution in [0.25, 0.3) is 10.8 Å². The Morgan fingerprint density at radius 1 is 0.551 bits per heavy atom. The zero-order valence-electron chi connectivity index (χ0n) is 31.6. The quantitative estimate of drug-likeness (QED) is 0.120. The number of rotatable bonds is 14. The van der Waals surface area contributed by atoms with E-state index in [1.807, 2.05) is 0 Å². The molecule has 0 radical (unpaired) electrons. The van der Waals surface area contributed by atoms with Crippen LogP contribution in [0.3, 0.4) is 0 Å². The zero-order valence-corrected chi connectivity index (χ0v) is 31.6. The summed E-state index contributed by atoms with van der Waals surface area (Å²) in [6, 6.07) is 41.2. The van der Waals surface area contributed by atoms with E-state index in [2.05, 4.69) is 187 Å². The Morgan fingerprint density at radius 3 is 1.47 bits per heavy atom. The third kappa shape index (κ3) is 8.32. The lowest BCUT2D eigenvalue weighted by Crippen LogP contribution is -2.22. The lowest BCUT2D eigenvalue weighted by atomic mass is 9.72. The standard InChI is InChI=1S/C46H59N3/c1-10-48(11-2)38-26-20-35(21-27-38)45(36-22-28-39(29-23-36)49(12-3)13-4)42-30-31-44(41-17-15-14-16-40(41)42)47-37-24-18-34(19-25-37)43(32-33(5)6)46(7,8)9/h14-31,33,43,45,47H,10-13,32H2,1-9H3. The van der Waals surface area contributed by atoms with Gasteiger partial charge < -0.3 is 15.1 Å². The van der Waals surface area contributed by atoms with Crippen LogP contribution in [0, 0.1) is 11.3 Å². The number of anilines is 4. The predicted molar refractivity (Wildman–Crippen MR) is 216 cm³/mol. The first-order valence-corrected chi connectivity index (χ1v) is 18.7. The van der Waals surface area contributed by atoms with Crippen molar-refractivity contribution in [1.29, 1.82) is 0 Å². The van der Waals surface area contributed by atoms with Gasteiger partial charge in [0.2, 0.25) is 0 Å². The smallest absolute Gasteiger partial charge is 0.0464 e. The molecule has 5 aromatic rings. The van der Waals surface area contributed by atoms with Crippen LogP contribution in [0.2, 0.25) is 0 Å². The highest BCUT2D eigenvalue weighted by Crippen LogP contribution is 2.42. The van der Waals surface area contributed by atoms with Crippen LogP contribution >= 0.6 is 0 Å². The molecule has 3 heteroatoms. The second kappa shape index (κ2) is 16.0. The van der Waals surface area contributed by atoms with Crippen molar-refractivity contribution in [2.75, 3.05) is 41.3 Å². The molecule has 0 spiro atoms. The predicted octanol–water partition coefficient (Wildman–Crippen LogP) is 12.6. The Bertz CT molecular complexity index is 1700. The Balaban J connectivity index is 1.55. The molecule has 1 N–H and O–H groups in total. The molecule has 0 saturated carbocycles. The monoisotopic (exact) mass is 653 g/mol. The number of benzene rings is 5. The summed E-state index contributed by atoms with van der Waals surface area (Å²) in [5, 5.41) is 6.31. The molecule has 0 aliphatic heterocycles. The van der Waals surface area contributed by atoms with E-state index in [0.29, 0.717) is 11.8 Å². The topological polar surface area (TPSA) is 18.5 Å². The van der Waals surface area contributed by atoms with Crippen LogP contribution in [-0.2, 0) is 0 Å². The van der Waals surface area contributed by atoms with Crippen LogP contribution in [0.1, 0.15) is 103 Å². The van der Waals surface area contributed by atoms with Crippen molar-refractivity contribution in [2.24, 2.45) is 11.3 Å². The molecule has 5 aromatic carbocycles. The van der Waals surface area contributed by atoms with Gasteiger partial charge in [-0.1, -0.05) is 101 Å². The van der Waals surface area contributed by atoms with Gasteiger partial charge >= 0.3 is 0 Å². The van der Waals surface area contributed by atoms with Gasteiger partial charge in [0.15, 0.2) is 0 Å². The summed E-state index contributed by atoms with van der Waals surface area (Å²) in [6.45, 7) is 24.7. The highest BCUT2D eigenvalue weighted by Gasteiger charge is 2.27. The SMILES string of the molecule is CCN(CC)c1ccc(C(c2ccc(N(CC)CC)cc2)c2ccc(Nc3ccc(C(CC(C)C)C(C)(C)C)cc3)c3ccccc23)cc1. The van der Waals surface area contributed by atoms with Crippen molar-refractivity contribution in [3.8, 4) is 0 Å². The van der Waals surface area contributed by atoms with Crippen LogP contribution in [-0.4, -0.2) is 26.2 Å². The molecular formula is C46H59N3. The van der Waals surface area contributed by atoms with Gasteiger partial charge in [-0.15, -0.1) is 0 Å². The first-order valence-electron chi connectivity index (χ1n) is 18.7. The fraction of sp³-hybridized carbons (Fsp3) is 0.391. The van der Waals surface area contributed by atoms with Gasteiger partial charge in [0.05, 0.1) is 0 Å². The third-order valence-electron chi connectivity index (χ3n) is 10.3. The Hall–Kier alpha value is -4.24. The van der Waals surface area contributed by atoms with E-state index < -0.39 is 0 Å². The second-order valence-electron chi connectivity index (χ2n) is 15.0. The lowest BCUT2D eigenvalue weighted by Gasteiger charge is -2.32. The average Bonchev–Trinajstić information content (AvgIpc) is 3.10. The minimum atomic E-state index is 0.102. The fourth-order valence-electron chi connectivity index (χ4n) is 7.58. The molecule has 0 fully saturated rings. The molecule has 1 unspecified atom stereocenters. The van der Waals surface area contributed by atoms with E-state index in [1.54, 1.807) is 0 Å². The van der Waals surface area contributed by atoms with Crippen molar-refractivity contribution in [3.05, 3.63) is 131 Å². The molecule has 5 rings (SSSR count). The van der Waals surface area contributed by atoms with E-state index in [1.165, 1.54) is 50.8 Å². The molecule has 49 heavy (non-hydrogen) atoms. The van der Waals surface area contributed by atoms with Gasteiger partial charge in [-0.3, -0.25) is 0 Å². The van der Waals surface area contributed by atoms with Crippen molar-refractivity contribution in [3.63, 3.8) is 0 Å². The molecule has 0 bridgehead atoms. The van der Waals surface area contributed by atoms with Gasteiger partial charge in [-0.25, -0.2) is 0 Å². The first kappa shape index (κ1) is 36.1. The van der Waals surface area contributed by atoms with E-state index in [9.17, 15) is 0 Å². The molecule has 258 valence electrons. The number of hydrogen-bond acceptors (Lipinski definition) is 3. The highest BCUT2D eigenvalue weighted by atomic mass is 15.1. The summed E-state index contributed by atoms with van der Waals surface area (Å²) >= 11 is 0. The second-order valence-corrected chi connectivity index (χ2v) is 15.0. The first-order chi connectivity index (χ1) is 23.6. The van der Waals surface area contributed by atoms with Gasteiger partial charge in [-0.05, 0) is 121 Å². The maximum atomic E-state index is 3.79. The molecule has 3 nitrogen and oxygen atoms in total. The molecule has 0 amide bonds. The molecule has 0 aliphatic rings. The van der Waals surface area contributed by atoms with Gasteiger partial charge in [0.25, 0.3) is 0 Å². The Kier molecular flexibility index (Phi) is 11.8. The fourth-order valence-corrected chi connectivity index (χ4v) is 7.58. The van der Waals surface area contributed by atoms with Gasteiger partial charge in [-0.2, -0.15) is 0 Å². The summed E-state index contributed by atoms with van der Waals surface area (Å²) in [5.74, 6) is 1.29. The van der Waals surface area contributed by atoms with Crippen molar-refractivity contribution < 1.29 is 0 Å². The summed E-state index contributed by atoms with van der Waals surface area (Å²) in [6.07, 6.45) is 1.19. The molecule has 0 aliphatic carbocycles. The minimum absolute atomic E-state index is 0.102. The number of fused-ring (bicyclic) bond motifs is 1. The Labute approximate surface area is 297 Å². The molecule has 0 aromatic heterocycles. The molecule has 1 atom stereocenters. The van der Waals surface area contributed by atoms with E-state index in [4.69, 9.17) is 0 Å². The van der Waals surface area contributed by atoms with Crippen LogP contribution in [0.15, 0.2) is 109 Å². The lowest BCUT2D eigenvalue weighted by molar-refractivity contribution is 0.280. The van der Waals surface area contributed by atoms with Gasteiger partial charge in [0.1, 0.15) is 0 Å². The van der Waals surface area contributed by atoms with Crippen LogP contribution < -0.4 is 15.1 Å². The van der Waals surface area contributed by atoms with Crippen LogP contribution in [0.5, 0.6) is 0 Å². The average molecular weight is 654 g/mol. The molecule has 0 heterocycles. The highest BCUT2D eigenvalue weighted by molar-refractivity contribution is 5.98. The van der Waals surface area contributed by atoms with Crippen molar-refractivity contribution >= 4 is 33.5 Å². The zero-order chi connectivity index (χ0) is 35.1. The largest absolute Gasteiger partial charge is 0.372 e. The third-order valence-corrected chi connectivity index (χ3v) is 10.3. The van der Waals surface area contributed by atoms with Crippen molar-refractivity contribution in [1.82, 2.24) is 0 Å². The molecule has 0 saturated heterocycles. The van der Waals surface area contributed by atoms with E-state index >= 15 is 0 Å². The molecular weight excluding hydrogens is 595 g/mol. The van der Waals surface area contributed by atoms with E-state index in [-0.39, 0.29) is 11.3 Å². The number of nitrogens with one attached hydrogen (secondary N) is 1. The Morgan fingerprint density at radius 2 is 1.02 bits per heavy atom. The van der Waals surface area contributed by atoms with Gasteiger partial charge in [0, 0.05) is 60.2 Å². The summed E-state index contributed by atoms with van der Waals surface area (Å²) in [4.78, 5) is 4.82. The number of hydrogen-bond donors (Lipinski definition) is 1.